The van der Waals surface area contributed by atoms with Crippen molar-refractivity contribution in [3.8, 4) is 0 Å². The highest BCUT2D eigenvalue weighted by molar-refractivity contribution is 14.1. The molecule has 9 heteroatoms. The number of rotatable bonds is 3. The summed E-state index contributed by atoms with van der Waals surface area (Å²) in [6.07, 6.45) is 1.45. The van der Waals surface area contributed by atoms with Crippen molar-refractivity contribution in [2.45, 2.75) is 0 Å². The van der Waals surface area contributed by atoms with Gasteiger partial charge in [-0.15, -0.1) is 0 Å². The van der Waals surface area contributed by atoms with Crippen LogP contribution in [0, 0.1) is 13.7 Å². The predicted octanol–water partition coefficient (Wildman–Crippen LogP) is 3.68. The molecule has 1 amide bonds. The topological polar surface area (TPSA) is 97.7 Å². The van der Waals surface area contributed by atoms with Crippen molar-refractivity contribution in [2.75, 3.05) is 0 Å². The maximum absolute atomic E-state index is 11.9. The third-order valence-corrected chi connectivity index (χ3v) is 4.40. The van der Waals surface area contributed by atoms with Crippen LogP contribution < -0.4 is 5.32 Å². The van der Waals surface area contributed by atoms with E-state index >= 15 is 0 Å². The molecule has 2 aromatic rings. The number of amides is 1. The molecule has 23 heavy (non-hydrogen) atoms. The lowest BCUT2D eigenvalue weighted by Crippen LogP contribution is -2.19. The van der Waals surface area contributed by atoms with Crippen LogP contribution in [0.15, 0.2) is 50.7 Å². The lowest BCUT2D eigenvalue weighted by atomic mass is 10.3. The first-order valence-corrected chi connectivity index (χ1v) is 8.20. The van der Waals surface area contributed by atoms with Crippen LogP contribution in [0.3, 0.4) is 0 Å². The van der Waals surface area contributed by atoms with Gasteiger partial charge in [-0.05, 0) is 64.7 Å². The highest BCUT2D eigenvalue weighted by Crippen LogP contribution is 2.29. The molecule has 1 fully saturated rings. The van der Waals surface area contributed by atoms with Crippen molar-refractivity contribution in [3.63, 3.8) is 0 Å². The fraction of sp³-hybridized carbons (Fsp3) is 0. The van der Waals surface area contributed by atoms with Gasteiger partial charge in [0.1, 0.15) is 10.7 Å². The zero-order valence-electron chi connectivity index (χ0n) is 11.4. The molecule has 1 aromatic heterocycles. The quantitative estimate of drug-likeness (QED) is 0.339. The average Bonchev–Trinajstić information content (AvgIpc) is 3.10. The van der Waals surface area contributed by atoms with E-state index in [1.807, 2.05) is 24.3 Å². The predicted molar refractivity (Wildman–Crippen MR) is 95.3 cm³/mol. The number of benzene rings is 1. The SMILES string of the molecule is O=C1NC(=Nc2ccc(I)cc2)S/C1=C/c1ccc([N+](=O)[O-])o1. The molecule has 1 aromatic carbocycles. The number of nitrogens with one attached hydrogen (secondary N) is 1. The summed E-state index contributed by atoms with van der Waals surface area (Å²) in [6, 6.07) is 10.2. The Morgan fingerprint density at radius 2 is 2.00 bits per heavy atom. The van der Waals surface area contributed by atoms with Gasteiger partial charge >= 0.3 is 5.88 Å². The third kappa shape index (κ3) is 3.79. The molecule has 0 radical (unpaired) electrons. The Hall–Kier alpha value is -2.14. The van der Waals surface area contributed by atoms with Gasteiger partial charge in [0.05, 0.1) is 16.7 Å². The Labute approximate surface area is 148 Å². The Morgan fingerprint density at radius 1 is 1.26 bits per heavy atom. The van der Waals surface area contributed by atoms with E-state index in [1.54, 1.807) is 0 Å². The van der Waals surface area contributed by atoms with Crippen LogP contribution in [-0.4, -0.2) is 16.0 Å². The summed E-state index contributed by atoms with van der Waals surface area (Å²) in [4.78, 5) is 26.6. The number of carbonyl (C=O) groups excluding carboxylic acids is 1. The van der Waals surface area contributed by atoms with Crippen LogP contribution >= 0.6 is 34.4 Å². The van der Waals surface area contributed by atoms with E-state index in [0.717, 1.165) is 21.0 Å². The van der Waals surface area contributed by atoms with Crippen molar-refractivity contribution < 1.29 is 14.1 Å². The lowest BCUT2D eigenvalue weighted by molar-refractivity contribution is -0.402. The van der Waals surface area contributed by atoms with Crippen LogP contribution in [-0.2, 0) is 4.79 Å². The van der Waals surface area contributed by atoms with E-state index in [0.29, 0.717) is 10.1 Å². The van der Waals surface area contributed by atoms with E-state index < -0.39 is 4.92 Å². The van der Waals surface area contributed by atoms with E-state index in [9.17, 15) is 14.9 Å². The number of halogens is 1. The van der Waals surface area contributed by atoms with Gasteiger partial charge in [0.2, 0.25) is 0 Å². The molecule has 0 saturated carbocycles. The number of thioether (sulfide) groups is 1. The Kier molecular flexibility index (Phi) is 4.48. The summed E-state index contributed by atoms with van der Waals surface area (Å²) >= 11 is 3.34. The number of hydrogen-bond donors (Lipinski definition) is 1. The lowest BCUT2D eigenvalue weighted by Gasteiger charge is -1.96. The van der Waals surface area contributed by atoms with Gasteiger partial charge in [0.15, 0.2) is 5.17 Å². The molecular formula is C14H8IN3O4S. The minimum absolute atomic E-state index is 0.241. The van der Waals surface area contributed by atoms with E-state index in [1.165, 1.54) is 18.2 Å². The highest BCUT2D eigenvalue weighted by atomic mass is 127. The molecule has 3 rings (SSSR count). The molecule has 1 saturated heterocycles. The normalized spacial score (nSPS) is 17.7. The van der Waals surface area contributed by atoms with Gasteiger partial charge in [-0.3, -0.25) is 14.9 Å². The smallest absolute Gasteiger partial charge is 0.401 e. The highest BCUT2D eigenvalue weighted by Gasteiger charge is 2.24. The number of hydrogen-bond acceptors (Lipinski definition) is 6. The van der Waals surface area contributed by atoms with E-state index in [2.05, 4.69) is 32.9 Å². The summed E-state index contributed by atoms with van der Waals surface area (Å²) in [7, 11) is 0. The molecule has 2 heterocycles. The van der Waals surface area contributed by atoms with Crippen molar-refractivity contribution in [3.05, 3.63) is 60.7 Å². The Morgan fingerprint density at radius 3 is 2.65 bits per heavy atom. The first-order chi connectivity index (χ1) is 11.0. The standard InChI is InChI=1S/C14H8IN3O4S/c15-8-1-3-9(4-2-8)16-14-17-13(19)11(23-14)7-10-5-6-12(22-10)18(20)21/h1-7H,(H,16,17,19)/b11-7+. The van der Waals surface area contributed by atoms with Crippen LogP contribution in [0.1, 0.15) is 5.76 Å². The molecule has 1 N–H and O–H groups in total. The summed E-state index contributed by atoms with van der Waals surface area (Å²) in [5.74, 6) is -0.448. The number of amidine groups is 1. The summed E-state index contributed by atoms with van der Waals surface area (Å²) < 4.78 is 6.10. The molecule has 116 valence electrons. The molecular weight excluding hydrogens is 433 g/mol. The monoisotopic (exact) mass is 441 g/mol. The van der Waals surface area contributed by atoms with Crippen molar-refractivity contribution in [1.29, 1.82) is 0 Å². The molecule has 0 spiro atoms. The number of nitro groups is 1. The number of furan rings is 1. The molecule has 0 bridgehead atoms. The summed E-state index contributed by atoms with van der Waals surface area (Å²) in [5, 5.41) is 13.7. The fourth-order valence-electron chi connectivity index (χ4n) is 1.76. The molecule has 7 nitrogen and oxygen atoms in total. The van der Waals surface area contributed by atoms with Gasteiger partial charge in [0, 0.05) is 9.65 Å². The van der Waals surface area contributed by atoms with Gasteiger partial charge in [-0.2, -0.15) is 0 Å². The second-order valence-corrected chi connectivity index (χ2v) is 6.67. The van der Waals surface area contributed by atoms with Gasteiger partial charge in [0.25, 0.3) is 5.91 Å². The molecule has 0 atom stereocenters. The van der Waals surface area contributed by atoms with Gasteiger partial charge in [-0.25, -0.2) is 4.99 Å². The third-order valence-electron chi connectivity index (χ3n) is 2.77. The fourth-order valence-corrected chi connectivity index (χ4v) is 2.94. The van der Waals surface area contributed by atoms with Crippen LogP contribution in [0.5, 0.6) is 0 Å². The number of carbonyl (C=O) groups is 1. The van der Waals surface area contributed by atoms with Crippen molar-refractivity contribution in [1.82, 2.24) is 5.32 Å². The molecule has 1 aliphatic rings. The van der Waals surface area contributed by atoms with Crippen LogP contribution in [0.2, 0.25) is 0 Å². The molecule has 0 aliphatic carbocycles. The molecule has 0 unspecified atom stereocenters. The average molecular weight is 441 g/mol. The number of nitrogens with zero attached hydrogens (tertiary/aromatic N) is 2. The first kappa shape index (κ1) is 15.7. The van der Waals surface area contributed by atoms with E-state index in [4.69, 9.17) is 4.42 Å². The summed E-state index contributed by atoms with van der Waals surface area (Å²) in [6.45, 7) is 0. The first-order valence-electron chi connectivity index (χ1n) is 6.30. The van der Waals surface area contributed by atoms with Crippen LogP contribution in [0.25, 0.3) is 6.08 Å². The Bertz CT molecular complexity index is 842. The van der Waals surface area contributed by atoms with Gasteiger partial charge < -0.3 is 9.73 Å². The second-order valence-electron chi connectivity index (χ2n) is 4.39. The Balaban J connectivity index is 1.80. The largest absolute Gasteiger partial charge is 0.433 e. The maximum atomic E-state index is 11.9. The molecule has 1 aliphatic heterocycles. The maximum Gasteiger partial charge on any atom is 0.433 e. The zero-order chi connectivity index (χ0) is 16.4. The van der Waals surface area contributed by atoms with Crippen molar-refractivity contribution >= 4 is 63.1 Å². The van der Waals surface area contributed by atoms with Crippen molar-refractivity contribution in [2.24, 2.45) is 4.99 Å². The summed E-state index contributed by atoms with van der Waals surface area (Å²) in [5.41, 5.74) is 0.725. The number of aliphatic imine (C=N–C) groups is 1. The van der Waals surface area contributed by atoms with Gasteiger partial charge in [-0.1, -0.05) is 0 Å². The minimum Gasteiger partial charge on any atom is -0.401 e. The minimum atomic E-state index is -0.631. The van der Waals surface area contributed by atoms with E-state index in [-0.39, 0.29) is 17.6 Å². The second kappa shape index (κ2) is 6.54. The van der Waals surface area contributed by atoms with Crippen LogP contribution in [0.4, 0.5) is 11.6 Å². The zero-order valence-corrected chi connectivity index (χ0v) is 14.3.